The second-order valence-electron chi connectivity index (χ2n) is 3.53. The summed E-state index contributed by atoms with van der Waals surface area (Å²) in [4.78, 5) is 0. The van der Waals surface area contributed by atoms with E-state index in [1.165, 1.54) is 0 Å². The van der Waals surface area contributed by atoms with Crippen LogP contribution in [0.1, 0.15) is 18.0 Å². The van der Waals surface area contributed by atoms with Gasteiger partial charge in [0.15, 0.2) is 0 Å². The Kier molecular flexibility index (Phi) is 4.39. The third kappa shape index (κ3) is 2.43. The highest BCUT2D eigenvalue weighted by atomic mass is 35.5. The molecule has 1 heterocycles. The molecule has 0 bridgehead atoms. The summed E-state index contributed by atoms with van der Waals surface area (Å²) in [5.41, 5.74) is 1.04. The standard InChI is InChI=1S/C11H15NO2.ClH/c1-14-10-5-3-2-4-8(10)11-9(13)6-7-12-11;/h2-5,9,11-13H,6-7H2,1H3;1H/t9-,11-;/m0./s1. The number of para-hydroxylation sites is 1. The lowest BCUT2D eigenvalue weighted by Crippen LogP contribution is -2.21. The Morgan fingerprint density at radius 1 is 1.40 bits per heavy atom. The average Bonchev–Trinajstić information content (AvgIpc) is 2.64. The smallest absolute Gasteiger partial charge is 0.123 e. The maximum absolute atomic E-state index is 9.74. The number of rotatable bonds is 2. The Bertz CT molecular complexity index is 319. The number of nitrogens with one attached hydrogen (secondary N) is 1. The van der Waals surface area contributed by atoms with E-state index in [-0.39, 0.29) is 24.6 Å². The van der Waals surface area contributed by atoms with Crippen LogP contribution >= 0.6 is 12.4 Å². The van der Waals surface area contributed by atoms with Crippen LogP contribution in [0.4, 0.5) is 0 Å². The molecule has 1 aromatic rings. The van der Waals surface area contributed by atoms with Crippen molar-refractivity contribution in [1.29, 1.82) is 0 Å². The molecule has 2 atom stereocenters. The second kappa shape index (κ2) is 5.35. The Labute approximate surface area is 95.9 Å². The molecule has 1 fully saturated rings. The van der Waals surface area contributed by atoms with Crippen molar-refractivity contribution in [3.63, 3.8) is 0 Å². The van der Waals surface area contributed by atoms with Crippen LogP contribution in [0.25, 0.3) is 0 Å². The molecule has 0 aromatic heterocycles. The summed E-state index contributed by atoms with van der Waals surface area (Å²) >= 11 is 0. The van der Waals surface area contributed by atoms with Crippen molar-refractivity contribution < 1.29 is 9.84 Å². The van der Waals surface area contributed by atoms with Gasteiger partial charge in [-0.15, -0.1) is 12.4 Å². The number of hydrogen-bond acceptors (Lipinski definition) is 3. The number of methoxy groups -OCH3 is 1. The zero-order valence-corrected chi connectivity index (χ0v) is 9.46. The van der Waals surface area contributed by atoms with Gasteiger partial charge >= 0.3 is 0 Å². The number of halogens is 1. The molecule has 3 nitrogen and oxygen atoms in total. The van der Waals surface area contributed by atoms with E-state index in [1.54, 1.807) is 7.11 Å². The van der Waals surface area contributed by atoms with Crippen LogP contribution in [0.3, 0.4) is 0 Å². The number of aliphatic hydroxyl groups is 1. The molecule has 0 unspecified atom stereocenters. The molecule has 0 radical (unpaired) electrons. The normalized spacial score (nSPS) is 24.7. The summed E-state index contributed by atoms with van der Waals surface area (Å²) < 4.78 is 5.25. The quantitative estimate of drug-likeness (QED) is 0.808. The predicted molar refractivity (Wildman–Crippen MR) is 61.6 cm³/mol. The summed E-state index contributed by atoms with van der Waals surface area (Å²) in [6.45, 7) is 0.865. The van der Waals surface area contributed by atoms with Gasteiger partial charge in [-0.05, 0) is 19.0 Å². The van der Waals surface area contributed by atoms with Crippen LogP contribution in [0, 0.1) is 0 Å². The van der Waals surface area contributed by atoms with E-state index < -0.39 is 0 Å². The maximum Gasteiger partial charge on any atom is 0.123 e. The van der Waals surface area contributed by atoms with E-state index in [0.29, 0.717) is 0 Å². The maximum atomic E-state index is 9.74. The zero-order chi connectivity index (χ0) is 9.97. The Hall–Kier alpha value is -0.770. The fourth-order valence-corrected chi connectivity index (χ4v) is 1.93. The van der Waals surface area contributed by atoms with Crippen LogP contribution in [0.5, 0.6) is 5.75 Å². The van der Waals surface area contributed by atoms with Gasteiger partial charge in [-0.3, -0.25) is 0 Å². The molecule has 15 heavy (non-hydrogen) atoms. The fourth-order valence-electron chi connectivity index (χ4n) is 1.93. The Morgan fingerprint density at radius 3 is 2.73 bits per heavy atom. The van der Waals surface area contributed by atoms with Gasteiger partial charge in [0, 0.05) is 5.56 Å². The number of ether oxygens (including phenoxy) is 1. The minimum absolute atomic E-state index is 0. The van der Waals surface area contributed by atoms with E-state index in [9.17, 15) is 5.11 Å². The first kappa shape index (κ1) is 12.3. The van der Waals surface area contributed by atoms with Crippen LogP contribution in [0.15, 0.2) is 24.3 Å². The van der Waals surface area contributed by atoms with Crippen molar-refractivity contribution in [3.05, 3.63) is 29.8 Å². The summed E-state index contributed by atoms with van der Waals surface area (Å²) in [6.07, 6.45) is 0.509. The van der Waals surface area contributed by atoms with Gasteiger partial charge in [-0.25, -0.2) is 0 Å². The first-order valence-electron chi connectivity index (χ1n) is 4.87. The molecule has 1 aliphatic heterocycles. The largest absolute Gasteiger partial charge is 0.496 e. The van der Waals surface area contributed by atoms with E-state index >= 15 is 0 Å². The molecule has 1 aromatic carbocycles. The van der Waals surface area contributed by atoms with Gasteiger partial charge in [0.2, 0.25) is 0 Å². The number of aliphatic hydroxyl groups excluding tert-OH is 1. The molecule has 0 saturated carbocycles. The lowest BCUT2D eigenvalue weighted by molar-refractivity contribution is 0.158. The first-order valence-corrected chi connectivity index (χ1v) is 4.87. The average molecular weight is 230 g/mol. The van der Waals surface area contributed by atoms with Gasteiger partial charge in [-0.2, -0.15) is 0 Å². The van der Waals surface area contributed by atoms with Crippen LogP contribution in [-0.4, -0.2) is 24.9 Å². The molecule has 84 valence electrons. The second-order valence-corrected chi connectivity index (χ2v) is 3.53. The van der Waals surface area contributed by atoms with Crippen molar-refractivity contribution in [3.8, 4) is 5.75 Å². The van der Waals surface area contributed by atoms with Gasteiger partial charge in [-0.1, -0.05) is 18.2 Å². The van der Waals surface area contributed by atoms with Crippen molar-refractivity contribution in [2.24, 2.45) is 0 Å². The van der Waals surface area contributed by atoms with Crippen molar-refractivity contribution in [1.82, 2.24) is 5.32 Å². The zero-order valence-electron chi connectivity index (χ0n) is 8.64. The van der Waals surface area contributed by atoms with Gasteiger partial charge in [0.05, 0.1) is 19.3 Å². The summed E-state index contributed by atoms with van der Waals surface area (Å²) in [5, 5.41) is 13.0. The van der Waals surface area contributed by atoms with Crippen LogP contribution < -0.4 is 10.1 Å². The minimum Gasteiger partial charge on any atom is -0.496 e. The third-order valence-corrected chi connectivity index (χ3v) is 2.66. The SMILES string of the molecule is COc1ccccc1[C@@H]1NCC[C@@H]1O.Cl. The van der Waals surface area contributed by atoms with Crippen molar-refractivity contribution >= 4 is 12.4 Å². The Morgan fingerprint density at radius 2 is 2.13 bits per heavy atom. The van der Waals surface area contributed by atoms with Crippen molar-refractivity contribution in [2.75, 3.05) is 13.7 Å². The Balaban J connectivity index is 0.00000112. The lowest BCUT2D eigenvalue weighted by atomic mass is 10.0. The highest BCUT2D eigenvalue weighted by molar-refractivity contribution is 5.85. The predicted octanol–water partition coefficient (Wildman–Crippen LogP) is 1.51. The minimum atomic E-state index is -0.300. The van der Waals surface area contributed by atoms with E-state index in [2.05, 4.69) is 5.32 Å². The monoisotopic (exact) mass is 229 g/mol. The highest BCUT2D eigenvalue weighted by Gasteiger charge is 2.27. The van der Waals surface area contributed by atoms with E-state index in [1.807, 2.05) is 24.3 Å². The van der Waals surface area contributed by atoms with Gasteiger partial charge < -0.3 is 15.2 Å². The van der Waals surface area contributed by atoms with E-state index in [0.717, 1.165) is 24.3 Å². The molecular formula is C11H16ClNO2. The number of hydrogen-bond donors (Lipinski definition) is 2. The first-order chi connectivity index (χ1) is 6.83. The molecule has 1 saturated heterocycles. The van der Waals surface area contributed by atoms with Gasteiger partial charge in [0.25, 0.3) is 0 Å². The molecule has 2 rings (SSSR count). The topological polar surface area (TPSA) is 41.5 Å². The summed E-state index contributed by atoms with van der Waals surface area (Å²) in [7, 11) is 1.65. The molecule has 1 aliphatic rings. The molecule has 0 aliphatic carbocycles. The van der Waals surface area contributed by atoms with Crippen LogP contribution in [0.2, 0.25) is 0 Å². The molecule has 2 N–H and O–H groups in total. The summed E-state index contributed by atoms with van der Waals surface area (Å²) in [5.74, 6) is 0.839. The summed E-state index contributed by atoms with van der Waals surface area (Å²) in [6, 6.07) is 7.83. The molecular weight excluding hydrogens is 214 g/mol. The highest BCUT2D eigenvalue weighted by Crippen LogP contribution is 2.30. The molecule has 0 spiro atoms. The van der Waals surface area contributed by atoms with Crippen molar-refractivity contribution in [2.45, 2.75) is 18.6 Å². The van der Waals surface area contributed by atoms with Crippen LogP contribution in [-0.2, 0) is 0 Å². The van der Waals surface area contributed by atoms with E-state index in [4.69, 9.17) is 4.74 Å². The van der Waals surface area contributed by atoms with Gasteiger partial charge in [0.1, 0.15) is 5.75 Å². The number of benzene rings is 1. The third-order valence-electron chi connectivity index (χ3n) is 2.66. The molecule has 4 heteroatoms. The molecule has 0 amide bonds. The fraction of sp³-hybridized carbons (Fsp3) is 0.455. The lowest BCUT2D eigenvalue weighted by Gasteiger charge is -2.17.